The van der Waals surface area contributed by atoms with Crippen LogP contribution in [0.3, 0.4) is 0 Å². The smallest absolute Gasteiger partial charge is 0.395 e. The first-order valence-electron chi connectivity index (χ1n) is 9.06. The van der Waals surface area contributed by atoms with Crippen LogP contribution in [0.1, 0.15) is 31.2 Å². The highest BCUT2D eigenvalue weighted by molar-refractivity contribution is 5.45. The molecule has 6 heteroatoms. The van der Waals surface area contributed by atoms with Crippen LogP contribution in [-0.4, -0.2) is 49.3 Å². The molecule has 0 aromatic heterocycles. The van der Waals surface area contributed by atoms with Crippen molar-refractivity contribution in [2.75, 3.05) is 21.1 Å². The number of fused-ring (bicyclic) bond motifs is 2. The van der Waals surface area contributed by atoms with Crippen molar-refractivity contribution >= 4 is 0 Å². The molecule has 2 aliphatic carbocycles. The van der Waals surface area contributed by atoms with Crippen molar-refractivity contribution in [2.45, 2.75) is 50.6 Å². The molecular weight excluding hydrogens is 326 g/mol. The van der Waals surface area contributed by atoms with Gasteiger partial charge in [-0.2, -0.15) is 0 Å². The van der Waals surface area contributed by atoms with Gasteiger partial charge in [0, 0.05) is 18.6 Å². The Kier molecular flexibility index (Phi) is 4.15. The van der Waals surface area contributed by atoms with Gasteiger partial charge in [0.2, 0.25) is 0 Å². The predicted octanol–water partition coefficient (Wildman–Crippen LogP) is 3.56. The van der Waals surface area contributed by atoms with E-state index in [1.165, 1.54) is 25.7 Å². The van der Waals surface area contributed by atoms with Crippen LogP contribution in [0.15, 0.2) is 18.2 Å². The van der Waals surface area contributed by atoms with E-state index in [4.69, 9.17) is 0 Å². The molecule has 1 aromatic rings. The molecule has 0 saturated heterocycles. The number of hydrogen-bond donors (Lipinski definition) is 0. The number of nitrogens with zero attached hydrogens (tertiary/aromatic N) is 2. The second-order valence-electron chi connectivity index (χ2n) is 8.10. The van der Waals surface area contributed by atoms with E-state index in [1.807, 2.05) is 6.07 Å². The molecule has 0 spiro atoms. The maximum Gasteiger partial charge on any atom is 0.586 e. The van der Waals surface area contributed by atoms with Crippen molar-refractivity contribution in [3.8, 4) is 11.5 Å². The van der Waals surface area contributed by atoms with Crippen LogP contribution in [-0.2, 0) is 6.54 Å². The fourth-order valence-corrected chi connectivity index (χ4v) is 4.84. The summed E-state index contributed by atoms with van der Waals surface area (Å²) in [4.78, 5) is 4.72. The summed E-state index contributed by atoms with van der Waals surface area (Å²) in [6.07, 6.45) is 1.56. The van der Waals surface area contributed by atoms with Crippen molar-refractivity contribution in [3.05, 3.63) is 23.8 Å². The molecular formula is C19H26F2N2O2. The first-order chi connectivity index (χ1) is 11.8. The van der Waals surface area contributed by atoms with Gasteiger partial charge in [-0.05, 0) is 76.4 Å². The first-order valence-corrected chi connectivity index (χ1v) is 9.06. The summed E-state index contributed by atoms with van der Waals surface area (Å²) in [6.45, 7) is 0.740. The summed E-state index contributed by atoms with van der Waals surface area (Å²) in [6, 6.07) is 6.40. The van der Waals surface area contributed by atoms with E-state index in [0.717, 1.165) is 30.0 Å². The van der Waals surface area contributed by atoms with Crippen LogP contribution in [0, 0.1) is 11.8 Å². The molecule has 138 valence electrons. The number of ether oxygens (including phenoxy) is 2. The van der Waals surface area contributed by atoms with Crippen LogP contribution in [0.4, 0.5) is 8.78 Å². The molecule has 4 nitrogen and oxygen atoms in total. The van der Waals surface area contributed by atoms with Gasteiger partial charge in [-0.3, -0.25) is 4.90 Å². The average Bonchev–Trinajstić information content (AvgIpc) is 3.15. The zero-order valence-electron chi connectivity index (χ0n) is 15.0. The van der Waals surface area contributed by atoms with E-state index in [1.54, 1.807) is 12.1 Å². The van der Waals surface area contributed by atoms with Crippen molar-refractivity contribution in [2.24, 2.45) is 11.8 Å². The van der Waals surface area contributed by atoms with Gasteiger partial charge in [0.1, 0.15) is 0 Å². The molecule has 2 unspecified atom stereocenters. The molecule has 0 amide bonds. The van der Waals surface area contributed by atoms with Gasteiger partial charge in [0.05, 0.1) is 0 Å². The van der Waals surface area contributed by atoms with Gasteiger partial charge in [-0.15, -0.1) is 8.78 Å². The standard InChI is InChI=1S/C19H26F2N2O2/c1-22(2)15-7-13-9-16(10-14(13)8-15)23(3)11-12-4-5-17-18(6-12)25-19(20,21)24-17/h4-6,13-16H,7-11H2,1-3H3/t13-,14+,15?,16?. The molecule has 2 saturated carbocycles. The van der Waals surface area contributed by atoms with E-state index >= 15 is 0 Å². The Bertz CT molecular complexity index is 638. The molecule has 0 radical (unpaired) electrons. The second-order valence-corrected chi connectivity index (χ2v) is 8.10. The molecule has 0 N–H and O–H groups in total. The molecule has 4 rings (SSSR count). The minimum Gasteiger partial charge on any atom is -0.395 e. The Balaban J connectivity index is 1.36. The van der Waals surface area contributed by atoms with E-state index in [2.05, 4.69) is 40.4 Å². The Morgan fingerprint density at radius 3 is 2.20 bits per heavy atom. The summed E-state index contributed by atoms with van der Waals surface area (Å²) in [5.74, 6) is 1.90. The van der Waals surface area contributed by atoms with Gasteiger partial charge in [0.25, 0.3) is 0 Å². The lowest BCUT2D eigenvalue weighted by atomic mass is 10.0. The highest BCUT2D eigenvalue weighted by atomic mass is 19.3. The fraction of sp³-hybridized carbons (Fsp3) is 0.684. The second kappa shape index (κ2) is 6.09. The SMILES string of the molecule is CN(C)C1C[C@@H]2CC(N(C)Cc3ccc4c(c3)OC(F)(F)O4)C[C@@H]2C1. The lowest BCUT2D eigenvalue weighted by Gasteiger charge is -2.27. The van der Waals surface area contributed by atoms with Crippen molar-refractivity contribution < 1.29 is 18.3 Å². The number of hydrogen-bond acceptors (Lipinski definition) is 4. The van der Waals surface area contributed by atoms with E-state index < -0.39 is 6.29 Å². The van der Waals surface area contributed by atoms with E-state index in [9.17, 15) is 8.78 Å². The monoisotopic (exact) mass is 352 g/mol. The Morgan fingerprint density at radius 1 is 0.960 bits per heavy atom. The highest BCUT2D eigenvalue weighted by Crippen LogP contribution is 2.47. The largest absolute Gasteiger partial charge is 0.586 e. The molecule has 1 aromatic carbocycles. The lowest BCUT2D eigenvalue weighted by Crippen LogP contribution is -2.31. The van der Waals surface area contributed by atoms with E-state index in [-0.39, 0.29) is 11.5 Å². The molecule has 4 atom stereocenters. The van der Waals surface area contributed by atoms with Crippen LogP contribution < -0.4 is 9.47 Å². The lowest BCUT2D eigenvalue weighted by molar-refractivity contribution is -0.286. The number of alkyl halides is 2. The zero-order chi connectivity index (χ0) is 17.8. The third kappa shape index (κ3) is 3.34. The van der Waals surface area contributed by atoms with E-state index in [0.29, 0.717) is 6.04 Å². The number of halogens is 2. The maximum absolute atomic E-state index is 13.1. The summed E-state index contributed by atoms with van der Waals surface area (Å²) >= 11 is 0. The Morgan fingerprint density at radius 2 is 1.56 bits per heavy atom. The quantitative estimate of drug-likeness (QED) is 0.827. The number of benzene rings is 1. The topological polar surface area (TPSA) is 24.9 Å². The van der Waals surface area contributed by atoms with Crippen LogP contribution in [0.5, 0.6) is 11.5 Å². The molecule has 1 heterocycles. The first kappa shape index (κ1) is 17.0. The van der Waals surface area contributed by atoms with Gasteiger partial charge in [-0.1, -0.05) is 6.07 Å². The molecule has 25 heavy (non-hydrogen) atoms. The Hall–Kier alpha value is -1.40. The minimum absolute atomic E-state index is 0.113. The van der Waals surface area contributed by atoms with Crippen LogP contribution in [0.25, 0.3) is 0 Å². The van der Waals surface area contributed by atoms with Gasteiger partial charge in [-0.25, -0.2) is 0 Å². The van der Waals surface area contributed by atoms with Crippen molar-refractivity contribution in [1.82, 2.24) is 9.80 Å². The summed E-state index contributed by atoms with van der Waals surface area (Å²) < 4.78 is 35.3. The van der Waals surface area contributed by atoms with Crippen LogP contribution in [0.2, 0.25) is 0 Å². The third-order valence-electron chi connectivity index (χ3n) is 6.22. The third-order valence-corrected chi connectivity index (χ3v) is 6.22. The Labute approximate surface area is 147 Å². The zero-order valence-corrected chi connectivity index (χ0v) is 15.0. The summed E-state index contributed by atoms with van der Waals surface area (Å²) in [5.41, 5.74) is 0.978. The maximum atomic E-state index is 13.1. The average molecular weight is 352 g/mol. The minimum atomic E-state index is -3.54. The molecule has 3 aliphatic rings. The van der Waals surface area contributed by atoms with Gasteiger partial charge in [0.15, 0.2) is 11.5 Å². The molecule has 1 aliphatic heterocycles. The molecule has 0 bridgehead atoms. The van der Waals surface area contributed by atoms with Crippen molar-refractivity contribution in [3.63, 3.8) is 0 Å². The number of rotatable bonds is 4. The normalized spacial score (nSPS) is 32.6. The van der Waals surface area contributed by atoms with Crippen molar-refractivity contribution in [1.29, 1.82) is 0 Å². The van der Waals surface area contributed by atoms with Gasteiger partial charge >= 0.3 is 6.29 Å². The predicted molar refractivity (Wildman–Crippen MR) is 90.8 cm³/mol. The van der Waals surface area contributed by atoms with Crippen LogP contribution >= 0.6 is 0 Å². The summed E-state index contributed by atoms with van der Waals surface area (Å²) in [5, 5.41) is 0. The van der Waals surface area contributed by atoms with Gasteiger partial charge < -0.3 is 14.4 Å². The highest BCUT2D eigenvalue weighted by Gasteiger charge is 2.44. The summed E-state index contributed by atoms with van der Waals surface area (Å²) in [7, 11) is 6.49. The molecule has 2 fully saturated rings. The fourth-order valence-electron chi connectivity index (χ4n) is 4.84.